The Balaban J connectivity index is 1.42. The van der Waals surface area contributed by atoms with Crippen molar-refractivity contribution in [3.05, 3.63) is 0 Å². The largest absolute Gasteiger partial charge is 0.384 e. The van der Waals surface area contributed by atoms with Crippen LogP contribution in [0.5, 0.6) is 0 Å². The molecule has 0 aromatic carbocycles. The van der Waals surface area contributed by atoms with E-state index in [0.29, 0.717) is 29.6 Å². The molecule has 0 radical (unpaired) electrons. The van der Waals surface area contributed by atoms with Gasteiger partial charge in [-0.1, -0.05) is 53.9 Å². The Morgan fingerprint density at radius 1 is 1.00 bits per heavy atom. The van der Waals surface area contributed by atoms with Crippen molar-refractivity contribution in [1.82, 2.24) is 0 Å². The first-order valence-corrected chi connectivity index (χ1v) is 13.7. The molecule has 31 heavy (non-hydrogen) atoms. The van der Waals surface area contributed by atoms with Gasteiger partial charge in [-0.05, 0) is 97.2 Å². The molecule has 0 aromatic rings. The highest BCUT2D eigenvalue weighted by Crippen LogP contribution is 2.81. The molecule has 0 heterocycles. The van der Waals surface area contributed by atoms with Crippen LogP contribution in [0, 0.1) is 63.6 Å². The first kappa shape index (κ1) is 22.4. The lowest BCUT2D eigenvalue weighted by atomic mass is 9.43. The topological polar surface area (TPSA) is 26.3 Å². The van der Waals surface area contributed by atoms with E-state index in [1.807, 2.05) is 7.11 Å². The van der Waals surface area contributed by atoms with Gasteiger partial charge in [0.1, 0.15) is 5.78 Å². The van der Waals surface area contributed by atoms with Gasteiger partial charge in [0, 0.05) is 18.4 Å². The molecule has 5 rings (SSSR count). The minimum Gasteiger partial charge on any atom is -0.384 e. The predicted octanol–water partition coefficient (Wildman–Crippen LogP) is 7.16. The number of Topliss-reactive ketones (excluding diaryl/α,β-unsaturated/α-hetero) is 1. The maximum atomic E-state index is 14.1. The van der Waals surface area contributed by atoms with E-state index in [1.54, 1.807) is 0 Å². The maximum Gasteiger partial charge on any atom is 0.145 e. The van der Waals surface area contributed by atoms with E-state index in [4.69, 9.17) is 4.74 Å². The van der Waals surface area contributed by atoms with Gasteiger partial charge in [-0.15, -0.1) is 0 Å². The fourth-order valence-corrected chi connectivity index (χ4v) is 10.6. The number of methoxy groups -OCH3 is 1. The summed E-state index contributed by atoms with van der Waals surface area (Å²) in [6.45, 7) is 13.1. The second-order valence-electron chi connectivity index (χ2n) is 13.6. The molecule has 0 N–H and O–H groups in total. The van der Waals surface area contributed by atoms with Crippen molar-refractivity contribution in [2.24, 2.45) is 63.6 Å². The number of ether oxygens (including phenoxy) is 1. The second kappa shape index (κ2) is 7.57. The first-order valence-electron chi connectivity index (χ1n) is 13.7. The van der Waals surface area contributed by atoms with E-state index in [9.17, 15) is 4.79 Å². The van der Waals surface area contributed by atoms with Gasteiger partial charge in [-0.2, -0.15) is 0 Å². The zero-order valence-corrected chi connectivity index (χ0v) is 21.2. The van der Waals surface area contributed by atoms with Crippen LogP contribution in [0.1, 0.15) is 98.8 Å². The molecule has 5 aliphatic rings. The molecule has 2 heteroatoms. The van der Waals surface area contributed by atoms with E-state index in [1.165, 1.54) is 64.2 Å². The Kier molecular flexibility index (Phi) is 5.48. The minimum atomic E-state index is 0.0489. The van der Waals surface area contributed by atoms with Gasteiger partial charge in [0.15, 0.2) is 0 Å². The van der Waals surface area contributed by atoms with Crippen molar-refractivity contribution in [2.45, 2.75) is 98.8 Å². The molecular formula is C29H48O2. The molecule has 10 atom stereocenters. The minimum absolute atomic E-state index is 0.0489. The SMILES string of the molecule is COC[C@@H]1C(=O)[C@]23C[C@H]2CC[C@]3(C)[C@H]2CC[C@]3(C)[C@@H]([C@H](C)CCCC(C)C)CC[C@H]3[C@H]12. The molecule has 176 valence electrons. The molecule has 0 saturated heterocycles. The van der Waals surface area contributed by atoms with E-state index in [0.717, 1.165) is 29.6 Å². The molecule has 2 nitrogen and oxygen atoms in total. The molecule has 5 fully saturated rings. The lowest BCUT2D eigenvalue weighted by Gasteiger charge is -2.61. The standard InChI is InChI=1S/C29H48O2/c1-18(2)8-7-9-19(3)22-10-11-23-25-21(17-31-6)26(30)29-16-20(29)12-15-28(29,5)24(25)13-14-27(22,23)4/h18-25H,7-17H2,1-6H3/t19-,20-,21+,22-,23+,24+,25+,27-,28-,29+/m1/s1. The molecule has 0 aliphatic heterocycles. The van der Waals surface area contributed by atoms with E-state index < -0.39 is 0 Å². The van der Waals surface area contributed by atoms with Crippen LogP contribution in [0.3, 0.4) is 0 Å². The van der Waals surface area contributed by atoms with Crippen molar-refractivity contribution in [3.8, 4) is 0 Å². The zero-order chi connectivity index (χ0) is 22.2. The van der Waals surface area contributed by atoms with Crippen molar-refractivity contribution in [1.29, 1.82) is 0 Å². The van der Waals surface area contributed by atoms with Gasteiger partial charge in [0.25, 0.3) is 0 Å². The highest BCUT2D eigenvalue weighted by molar-refractivity contribution is 5.93. The van der Waals surface area contributed by atoms with E-state index in [-0.39, 0.29) is 16.7 Å². The summed E-state index contributed by atoms with van der Waals surface area (Å²) in [5, 5.41) is 0. The smallest absolute Gasteiger partial charge is 0.145 e. The van der Waals surface area contributed by atoms with Crippen LogP contribution in [0.15, 0.2) is 0 Å². The van der Waals surface area contributed by atoms with Crippen LogP contribution < -0.4 is 0 Å². The number of carbonyl (C=O) groups excluding carboxylic acids is 1. The van der Waals surface area contributed by atoms with Crippen LogP contribution in [0.2, 0.25) is 0 Å². The highest BCUT2D eigenvalue weighted by atomic mass is 16.5. The quantitative estimate of drug-likeness (QED) is 0.430. The van der Waals surface area contributed by atoms with E-state index in [2.05, 4.69) is 34.6 Å². The number of carbonyl (C=O) groups is 1. The van der Waals surface area contributed by atoms with Crippen molar-refractivity contribution in [2.75, 3.05) is 13.7 Å². The Hall–Kier alpha value is -0.370. The van der Waals surface area contributed by atoms with E-state index >= 15 is 0 Å². The third-order valence-electron chi connectivity index (χ3n) is 12.1. The van der Waals surface area contributed by atoms with Gasteiger partial charge >= 0.3 is 0 Å². The van der Waals surface area contributed by atoms with Crippen LogP contribution >= 0.6 is 0 Å². The molecule has 5 aliphatic carbocycles. The fourth-order valence-electron chi connectivity index (χ4n) is 10.6. The lowest BCUT2D eigenvalue weighted by Crippen LogP contribution is -2.60. The summed E-state index contributed by atoms with van der Waals surface area (Å²) in [7, 11) is 1.82. The predicted molar refractivity (Wildman–Crippen MR) is 127 cm³/mol. The average molecular weight is 429 g/mol. The molecule has 0 aromatic heterocycles. The summed E-state index contributed by atoms with van der Waals surface area (Å²) in [6.07, 6.45) is 13.5. The number of hydrogen-bond donors (Lipinski definition) is 0. The zero-order valence-electron chi connectivity index (χ0n) is 21.2. The molecular weight excluding hydrogens is 380 g/mol. The Morgan fingerprint density at radius 2 is 1.77 bits per heavy atom. The second-order valence-corrected chi connectivity index (χ2v) is 13.6. The Bertz CT molecular complexity index is 714. The van der Waals surface area contributed by atoms with Crippen molar-refractivity contribution < 1.29 is 9.53 Å². The molecule has 5 saturated carbocycles. The van der Waals surface area contributed by atoms with Crippen LogP contribution in [0.4, 0.5) is 0 Å². The summed E-state index contributed by atoms with van der Waals surface area (Å²) in [5.74, 6) is 6.08. The normalized spacial score (nSPS) is 51.3. The number of fused-ring (bicyclic) bond motifs is 4. The summed E-state index contributed by atoms with van der Waals surface area (Å²) >= 11 is 0. The third-order valence-corrected chi connectivity index (χ3v) is 12.1. The number of ketones is 1. The first-order chi connectivity index (χ1) is 14.7. The van der Waals surface area contributed by atoms with Gasteiger partial charge < -0.3 is 4.74 Å². The Labute approximate surface area is 191 Å². The summed E-state index contributed by atoms with van der Waals surface area (Å²) in [6, 6.07) is 0. The molecule has 0 unspecified atom stereocenters. The summed E-state index contributed by atoms with van der Waals surface area (Å²) < 4.78 is 5.76. The molecule has 0 amide bonds. The Morgan fingerprint density at radius 3 is 2.45 bits per heavy atom. The van der Waals surface area contributed by atoms with Crippen LogP contribution in [-0.2, 0) is 9.53 Å². The van der Waals surface area contributed by atoms with Gasteiger partial charge in [-0.3, -0.25) is 4.79 Å². The number of hydrogen-bond acceptors (Lipinski definition) is 2. The van der Waals surface area contributed by atoms with Gasteiger partial charge in [0.05, 0.1) is 6.61 Å². The van der Waals surface area contributed by atoms with Crippen molar-refractivity contribution in [3.63, 3.8) is 0 Å². The maximum absolute atomic E-state index is 14.1. The van der Waals surface area contributed by atoms with Crippen LogP contribution in [0.25, 0.3) is 0 Å². The van der Waals surface area contributed by atoms with Crippen molar-refractivity contribution >= 4 is 5.78 Å². The lowest BCUT2D eigenvalue weighted by molar-refractivity contribution is -0.169. The van der Waals surface area contributed by atoms with Crippen LogP contribution in [-0.4, -0.2) is 19.5 Å². The third kappa shape index (κ3) is 2.95. The molecule has 0 bridgehead atoms. The number of rotatable bonds is 7. The van der Waals surface area contributed by atoms with Gasteiger partial charge in [-0.25, -0.2) is 0 Å². The molecule has 1 spiro atoms. The summed E-state index contributed by atoms with van der Waals surface area (Å²) in [4.78, 5) is 14.1. The fraction of sp³-hybridized carbons (Fsp3) is 0.966. The highest BCUT2D eigenvalue weighted by Gasteiger charge is 2.79. The average Bonchev–Trinajstić information content (AvgIpc) is 3.24. The van der Waals surface area contributed by atoms with Gasteiger partial charge in [0.2, 0.25) is 0 Å². The summed E-state index contributed by atoms with van der Waals surface area (Å²) in [5.41, 5.74) is 0.770. The monoisotopic (exact) mass is 428 g/mol.